The Labute approximate surface area is 204 Å². The van der Waals surface area contributed by atoms with Gasteiger partial charge < -0.3 is 9.64 Å². The molecule has 0 saturated carbocycles. The van der Waals surface area contributed by atoms with Crippen LogP contribution in [0.2, 0.25) is 0 Å². The van der Waals surface area contributed by atoms with Crippen LogP contribution in [0, 0.1) is 17.1 Å². The van der Waals surface area contributed by atoms with Crippen LogP contribution in [0.15, 0.2) is 35.1 Å². The standard InChI is InChI=1S/C24H24F4N6O2/c1-13-12-34(22-21-19(32(4)23(35)31-22)7-6-17(10-29)30-21)14(2)11-33(13)15(3)16-5-8-20(18(25)9-16)36-24(26,27)28/h5-9,13-15H,11-12H2,1-4H3/t13-,14+,15?/m1/s1. The molecule has 1 aliphatic rings. The largest absolute Gasteiger partial charge is 0.573 e. The van der Waals surface area contributed by atoms with Crippen molar-refractivity contribution in [3.63, 3.8) is 0 Å². The number of anilines is 1. The summed E-state index contributed by atoms with van der Waals surface area (Å²) >= 11 is 0. The molecule has 36 heavy (non-hydrogen) atoms. The van der Waals surface area contributed by atoms with Crippen LogP contribution in [-0.2, 0) is 7.05 Å². The van der Waals surface area contributed by atoms with Crippen molar-refractivity contribution in [2.45, 2.75) is 45.3 Å². The predicted octanol–water partition coefficient (Wildman–Crippen LogP) is 3.90. The highest BCUT2D eigenvalue weighted by Crippen LogP contribution is 2.33. The van der Waals surface area contributed by atoms with Gasteiger partial charge >= 0.3 is 12.1 Å². The molecule has 3 aromatic rings. The Hall–Kier alpha value is -3.72. The van der Waals surface area contributed by atoms with Crippen molar-refractivity contribution in [2.75, 3.05) is 18.0 Å². The van der Waals surface area contributed by atoms with E-state index in [4.69, 9.17) is 0 Å². The van der Waals surface area contributed by atoms with Crippen molar-refractivity contribution >= 4 is 16.9 Å². The van der Waals surface area contributed by atoms with E-state index < -0.39 is 23.6 Å². The molecular weight excluding hydrogens is 480 g/mol. The van der Waals surface area contributed by atoms with E-state index in [2.05, 4.69) is 19.6 Å². The number of rotatable bonds is 4. The Morgan fingerprint density at radius 2 is 1.86 bits per heavy atom. The fraction of sp³-hybridized carbons (Fsp3) is 0.417. The molecule has 1 aliphatic heterocycles. The number of pyridine rings is 1. The molecule has 0 N–H and O–H groups in total. The van der Waals surface area contributed by atoms with E-state index in [0.29, 0.717) is 35.5 Å². The van der Waals surface area contributed by atoms with E-state index in [-0.39, 0.29) is 23.8 Å². The van der Waals surface area contributed by atoms with Gasteiger partial charge in [-0.2, -0.15) is 10.2 Å². The number of benzene rings is 1. The maximum atomic E-state index is 14.3. The topological polar surface area (TPSA) is 87.3 Å². The van der Waals surface area contributed by atoms with Gasteiger partial charge in [-0.25, -0.2) is 14.2 Å². The first-order valence-corrected chi connectivity index (χ1v) is 11.2. The minimum Gasteiger partial charge on any atom is -0.403 e. The number of piperazine rings is 1. The maximum Gasteiger partial charge on any atom is 0.573 e. The molecule has 8 nitrogen and oxygen atoms in total. The maximum absolute atomic E-state index is 14.3. The molecule has 0 bridgehead atoms. The molecule has 1 unspecified atom stereocenters. The summed E-state index contributed by atoms with van der Waals surface area (Å²) in [7, 11) is 1.59. The third-order valence-corrected chi connectivity index (χ3v) is 6.52. The number of nitriles is 1. The van der Waals surface area contributed by atoms with Gasteiger partial charge in [0.15, 0.2) is 17.4 Å². The monoisotopic (exact) mass is 504 g/mol. The quantitative estimate of drug-likeness (QED) is 0.498. The molecule has 0 spiro atoms. The van der Waals surface area contributed by atoms with Gasteiger partial charge in [0, 0.05) is 38.3 Å². The highest BCUT2D eigenvalue weighted by Gasteiger charge is 2.35. The van der Waals surface area contributed by atoms with Gasteiger partial charge in [-0.05, 0) is 50.6 Å². The predicted molar refractivity (Wildman–Crippen MR) is 124 cm³/mol. The number of fused-ring (bicyclic) bond motifs is 1. The van der Waals surface area contributed by atoms with E-state index in [0.717, 1.165) is 12.1 Å². The minimum absolute atomic E-state index is 0.0922. The molecule has 2 aromatic heterocycles. The second kappa shape index (κ2) is 9.39. The molecule has 3 heterocycles. The van der Waals surface area contributed by atoms with Crippen LogP contribution in [0.25, 0.3) is 11.0 Å². The van der Waals surface area contributed by atoms with Crippen LogP contribution in [0.3, 0.4) is 0 Å². The average molecular weight is 504 g/mol. The summed E-state index contributed by atoms with van der Waals surface area (Å²) in [6.45, 7) is 6.72. The van der Waals surface area contributed by atoms with Crippen LogP contribution in [0.4, 0.5) is 23.4 Å². The zero-order valence-corrected chi connectivity index (χ0v) is 20.0. The van der Waals surface area contributed by atoms with Gasteiger partial charge in [-0.1, -0.05) is 6.07 Å². The zero-order valence-electron chi connectivity index (χ0n) is 20.0. The number of alkyl halides is 3. The normalized spacial score (nSPS) is 19.8. The molecule has 3 atom stereocenters. The van der Waals surface area contributed by atoms with E-state index >= 15 is 0 Å². The molecule has 190 valence electrons. The average Bonchev–Trinajstić information content (AvgIpc) is 2.82. The van der Waals surface area contributed by atoms with Crippen LogP contribution >= 0.6 is 0 Å². The van der Waals surface area contributed by atoms with Gasteiger partial charge in [0.25, 0.3) is 0 Å². The van der Waals surface area contributed by atoms with E-state index in [1.807, 2.05) is 31.7 Å². The van der Waals surface area contributed by atoms with E-state index in [9.17, 15) is 27.6 Å². The minimum atomic E-state index is -4.98. The van der Waals surface area contributed by atoms with Crippen LogP contribution in [0.5, 0.6) is 5.75 Å². The third kappa shape index (κ3) is 4.83. The summed E-state index contributed by atoms with van der Waals surface area (Å²) in [6, 6.07) is 8.13. The first-order valence-electron chi connectivity index (χ1n) is 11.2. The molecular formula is C24H24F4N6O2. The summed E-state index contributed by atoms with van der Waals surface area (Å²) in [4.78, 5) is 25.3. The second-order valence-electron chi connectivity index (χ2n) is 8.91. The van der Waals surface area contributed by atoms with Crippen molar-refractivity contribution in [1.82, 2.24) is 19.4 Å². The highest BCUT2D eigenvalue weighted by atomic mass is 19.4. The molecule has 0 radical (unpaired) electrons. The molecule has 1 saturated heterocycles. The summed E-state index contributed by atoms with van der Waals surface area (Å²) in [6.07, 6.45) is -4.98. The van der Waals surface area contributed by atoms with E-state index in [1.54, 1.807) is 19.2 Å². The first-order chi connectivity index (χ1) is 16.9. The number of hydrogen-bond donors (Lipinski definition) is 0. The Bertz CT molecular complexity index is 1400. The van der Waals surface area contributed by atoms with Gasteiger partial charge in [0.2, 0.25) is 0 Å². The van der Waals surface area contributed by atoms with Crippen molar-refractivity contribution < 1.29 is 22.3 Å². The summed E-state index contributed by atoms with van der Waals surface area (Å²) in [5, 5.41) is 9.30. The summed E-state index contributed by atoms with van der Waals surface area (Å²) in [5.74, 6) is -1.58. The Balaban J connectivity index is 1.62. The van der Waals surface area contributed by atoms with Crippen LogP contribution < -0.4 is 15.3 Å². The van der Waals surface area contributed by atoms with Crippen molar-refractivity contribution in [3.8, 4) is 11.8 Å². The van der Waals surface area contributed by atoms with Crippen molar-refractivity contribution in [1.29, 1.82) is 5.26 Å². The smallest absolute Gasteiger partial charge is 0.403 e. The lowest BCUT2D eigenvalue weighted by Gasteiger charge is -2.47. The summed E-state index contributed by atoms with van der Waals surface area (Å²) in [5.41, 5.74) is 1.26. The Morgan fingerprint density at radius 1 is 1.14 bits per heavy atom. The summed E-state index contributed by atoms with van der Waals surface area (Å²) < 4.78 is 56.9. The first kappa shape index (κ1) is 25.4. The fourth-order valence-electron chi connectivity index (χ4n) is 4.64. The van der Waals surface area contributed by atoms with Gasteiger partial charge in [-0.3, -0.25) is 9.47 Å². The molecule has 1 fully saturated rings. The second-order valence-corrected chi connectivity index (χ2v) is 8.91. The number of hydrogen-bond acceptors (Lipinski definition) is 7. The van der Waals surface area contributed by atoms with Crippen LogP contribution in [-0.4, -0.2) is 51.0 Å². The third-order valence-electron chi connectivity index (χ3n) is 6.52. The molecule has 1 aromatic carbocycles. The number of aromatic nitrogens is 3. The lowest BCUT2D eigenvalue weighted by Crippen LogP contribution is -2.57. The zero-order chi connectivity index (χ0) is 26.4. The van der Waals surface area contributed by atoms with Crippen LogP contribution in [0.1, 0.15) is 38.1 Å². The highest BCUT2D eigenvalue weighted by molar-refractivity contribution is 5.86. The number of ether oxygens (including phenoxy) is 1. The van der Waals surface area contributed by atoms with Gasteiger partial charge in [-0.15, -0.1) is 13.2 Å². The molecule has 12 heteroatoms. The van der Waals surface area contributed by atoms with Crippen molar-refractivity contribution in [2.24, 2.45) is 7.05 Å². The lowest BCUT2D eigenvalue weighted by molar-refractivity contribution is -0.275. The lowest BCUT2D eigenvalue weighted by atomic mass is 10.0. The number of aryl methyl sites for hydroxylation is 1. The Morgan fingerprint density at radius 3 is 2.50 bits per heavy atom. The van der Waals surface area contributed by atoms with Gasteiger partial charge in [0.05, 0.1) is 5.52 Å². The van der Waals surface area contributed by atoms with Gasteiger partial charge in [0.1, 0.15) is 17.3 Å². The number of halogens is 4. The van der Waals surface area contributed by atoms with Crippen molar-refractivity contribution in [3.05, 3.63) is 57.9 Å². The van der Waals surface area contributed by atoms with E-state index in [1.165, 1.54) is 10.6 Å². The molecule has 4 rings (SSSR count). The molecule has 0 aliphatic carbocycles. The Kier molecular flexibility index (Phi) is 6.62. The number of nitrogens with zero attached hydrogens (tertiary/aromatic N) is 6. The fourth-order valence-corrected chi connectivity index (χ4v) is 4.64. The molecule has 0 amide bonds. The SMILES string of the molecule is CC(c1ccc(OC(F)(F)F)c(F)c1)N1C[C@H](C)N(c2nc(=O)n(C)c3ccc(C#N)nc23)C[C@H]1C.